The normalized spacial score (nSPS) is 10.2. The highest BCUT2D eigenvalue weighted by Gasteiger charge is 2.09. The summed E-state index contributed by atoms with van der Waals surface area (Å²) in [6.07, 6.45) is 3.07. The number of aromatic nitrogens is 1. The zero-order chi connectivity index (χ0) is 18.4. The molecule has 0 aliphatic rings. The van der Waals surface area contributed by atoms with Gasteiger partial charge in [-0.15, -0.1) is 0 Å². The molecule has 0 saturated heterocycles. The minimum absolute atomic E-state index is 0.223. The SMILES string of the molecule is COc1ccc(OC)c(Nc2ccc(C(=O)NCc3ccco3)cn2)c1. The lowest BCUT2D eigenvalue weighted by molar-refractivity contribution is 0.0947. The van der Waals surface area contributed by atoms with Crippen molar-refractivity contribution >= 4 is 17.4 Å². The number of methoxy groups -OCH3 is 2. The van der Waals surface area contributed by atoms with Crippen molar-refractivity contribution in [3.8, 4) is 11.5 Å². The highest BCUT2D eigenvalue weighted by Crippen LogP contribution is 2.30. The molecule has 3 rings (SSSR count). The Kier molecular flexibility index (Phi) is 5.38. The second-order valence-corrected chi connectivity index (χ2v) is 5.39. The molecule has 3 aromatic rings. The van der Waals surface area contributed by atoms with E-state index >= 15 is 0 Å². The summed E-state index contributed by atoms with van der Waals surface area (Å²) in [5, 5.41) is 5.93. The molecular weight excluding hydrogens is 334 g/mol. The maximum Gasteiger partial charge on any atom is 0.253 e. The summed E-state index contributed by atoms with van der Waals surface area (Å²) in [6, 6.07) is 12.4. The smallest absolute Gasteiger partial charge is 0.253 e. The largest absolute Gasteiger partial charge is 0.497 e. The van der Waals surface area contributed by atoms with Crippen LogP contribution in [-0.4, -0.2) is 25.1 Å². The molecule has 0 aliphatic heterocycles. The number of furan rings is 1. The number of benzene rings is 1. The number of amides is 1. The van der Waals surface area contributed by atoms with Crippen LogP contribution in [0.2, 0.25) is 0 Å². The zero-order valence-electron chi connectivity index (χ0n) is 14.5. The van der Waals surface area contributed by atoms with Gasteiger partial charge in [-0.3, -0.25) is 4.79 Å². The molecule has 134 valence electrons. The minimum Gasteiger partial charge on any atom is -0.497 e. The highest BCUT2D eigenvalue weighted by molar-refractivity contribution is 5.94. The number of nitrogens with zero attached hydrogens (tertiary/aromatic N) is 1. The van der Waals surface area contributed by atoms with Crippen LogP contribution < -0.4 is 20.1 Å². The van der Waals surface area contributed by atoms with E-state index < -0.39 is 0 Å². The van der Waals surface area contributed by atoms with Crippen LogP contribution in [0.15, 0.2) is 59.3 Å². The van der Waals surface area contributed by atoms with Crippen molar-refractivity contribution in [2.24, 2.45) is 0 Å². The lowest BCUT2D eigenvalue weighted by Gasteiger charge is -2.12. The molecule has 0 spiro atoms. The molecule has 7 heteroatoms. The second-order valence-electron chi connectivity index (χ2n) is 5.39. The van der Waals surface area contributed by atoms with E-state index in [1.807, 2.05) is 12.1 Å². The Hall–Kier alpha value is -3.48. The third-order valence-corrected chi connectivity index (χ3v) is 3.70. The van der Waals surface area contributed by atoms with Crippen LogP contribution in [0.25, 0.3) is 0 Å². The van der Waals surface area contributed by atoms with Gasteiger partial charge in [0.1, 0.15) is 23.1 Å². The Morgan fingerprint density at radius 3 is 2.69 bits per heavy atom. The molecule has 0 radical (unpaired) electrons. The summed E-state index contributed by atoms with van der Waals surface area (Å²) in [5.74, 6) is 2.41. The van der Waals surface area contributed by atoms with E-state index in [9.17, 15) is 4.79 Å². The van der Waals surface area contributed by atoms with Gasteiger partial charge in [-0.2, -0.15) is 0 Å². The number of hydrogen-bond donors (Lipinski definition) is 2. The quantitative estimate of drug-likeness (QED) is 0.677. The number of carbonyl (C=O) groups excluding carboxylic acids is 1. The van der Waals surface area contributed by atoms with Gasteiger partial charge in [-0.1, -0.05) is 0 Å². The van der Waals surface area contributed by atoms with Gasteiger partial charge in [0, 0.05) is 12.3 Å². The summed E-state index contributed by atoms with van der Waals surface area (Å²) in [7, 11) is 3.19. The fraction of sp³-hybridized carbons (Fsp3) is 0.158. The van der Waals surface area contributed by atoms with Crippen LogP contribution in [0.3, 0.4) is 0 Å². The fourth-order valence-electron chi connectivity index (χ4n) is 2.33. The summed E-state index contributed by atoms with van der Waals surface area (Å²) >= 11 is 0. The van der Waals surface area contributed by atoms with Crippen molar-refractivity contribution in [3.05, 3.63) is 66.2 Å². The van der Waals surface area contributed by atoms with E-state index in [-0.39, 0.29) is 5.91 Å². The molecular formula is C19H19N3O4. The monoisotopic (exact) mass is 353 g/mol. The zero-order valence-corrected chi connectivity index (χ0v) is 14.5. The van der Waals surface area contributed by atoms with Crippen LogP contribution >= 0.6 is 0 Å². The Bertz CT molecular complexity index is 861. The predicted octanol–water partition coefficient (Wildman–Crippen LogP) is 3.37. The molecule has 0 unspecified atom stereocenters. The Morgan fingerprint density at radius 2 is 2.04 bits per heavy atom. The first-order chi connectivity index (χ1) is 12.7. The number of anilines is 2. The molecule has 26 heavy (non-hydrogen) atoms. The Labute approximate surface area is 151 Å². The van der Waals surface area contributed by atoms with E-state index in [1.54, 1.807) is 50.8 Å². The topological polar surface area (TPSA) is 85.6 Å². The molecule has 0 bridgehead atoms. The van der Waals surface area contributed by atoms with Gasteiger partial charge in [0.15, 0.2) is 0 Å². The van der Waals surface area contributed by atoms with Gasteiger partial charge in [0.25, 0.3) is 5.91 Å². The molecule has 7 nitrogen and oxygen atoms in total. The second kappa shape index (κ2) is 8.06. The van der Waals surface area contributed by atoms with Gasteiger partial charge in [-0.25, -0.2) is 4.98 Å². The lowest BCUT2D eigenvalue weighted by atomic mass is 10.2. The molecule has 2 aromatic heterocycles. The van der Waals surface area contributed by atoms with Crippen molar-refractivity contribution in [3.63, 3.8) is 0 Å². The number of rotatable bonds is 7. The van der Waals surface area contributed by atoms with Gasteiger partial charge in [0.05, 0.1) is 38.3 Å². The molecule has 0 aliphatic carbocycles. The summed E-state index contributed by atoms with van der Waals surface area (Å²) < 4.78 is 15.7. The number of nitrogens with one attached hydrogen (secondary N) is 2. The standard InChI is InChI=1S/C19H19N3O4/c1-24-14-6-7-17(25-2)16(10-14)22-18-8-5-13(11-20-18)19(23)21-12-15-4-3-9-26-15/h3-11H,12H2,1-2H3,(H,20,22)(H,21,23). The maximum absolute atomic E-state index is 12.1. The minimum atomic E-state index is -0.223. The Morgan fingerprint density at radius 1 is 1.15 bits per heavy atom. The van der Waals surface area contributed by atoms with Crippen molar-refractivity contribution in [1.82, 2.24) is 10.3 Å². The first kappa shape index (κ1) is 17.3. The molecule has 2 N–H and O–H groups in total. The summed E-state index contributed by atoms with van der Waals surface area (Å²) in [6.45, 7) is 0.326. The average Bonchev–Trinajstić information content (AvgIpc) is 3.20. The van der Waals surface area contributed by atoms with E-state index in [4.69, 9.17) is 13.9 Å². The van der Waals surface area contributed by atoms with Crippen molar-refractivity contribution < 1.29 is 18.7 Å². The first-order valence-corrected chi connectivity index (χ1v) is 7.95. The maximum atomic E-state index is 12.1. The van der Waals surface area contributed by atoms with E-state index in [1.165, 1.54) is 6.20 Å². The van der Waals surface area contributed by atoms with Gasteiger partial charge in [-0.05, 0) is 36.4 Å². The Balaban J connectivity index is 1.67. The molecule has 0 fully saturated rings. The number of hydrogen-bond acceptors (Lipinski definition) is 6. The van der Waals surface area contributed by atoms with Gasteiger partial charge in [0.2, 0.25) is 0 Å². The molecule has 1 aromatic carbocycles. The summed E-state index contributed by atoms with van der Waals surface area (Å²) in [5.41, 5.74) is 1.18. The third-order valence-electron chi connectivity index (χ3n) is 3.70. The van der Waals surface area contributed by atoms with E-state index in [0.717, 1.165) is 5.69 Å². The molecule has 0 atom stereocenters. The third kappa shape index (κ3) is 4.13. The molecule has 1 amide bonds. The first-order valence-electron chi connectivity index (χ1n) is 7.95. The van der Waals surface area contributed by atoms with Crippen molar-refractivity contribution in [1.29, 1.82) is 0 Å². The van der Waals surface area contributed by atoms with Crippen molar-refractivity contribution in [2.45, 2.75) is 6.54 Å². The number of carbonyl (C=O) groups is 1. The lowest BCUT2D eigenvalue weighted by Crippen LogP contribution is -2.22. The predicted molar refractivity (Wildman–Crippen MR) is 96.9 cm³/mol. The van der Waals surface area contributed by atoms with Gasteiger partial charge < -0.3 is 24.5 Å². The fourth-order valence-corrected chi connectivity index (χ4v) is 2.33. The summed E-state index contributed by atoms with van der Waals surface area (Å²) in [4.78, 5) is 16.4. The van der Waals surface area contributed by atoms with Gasteiger partial charge >= 0.3 is 0 Å². The van der Waals surface area contributed by atoms with Crippen LogP contribution in [0, 0.1) is 0 Å². The number of pyridine rings is 1. The van der Waals surface area contributed by atoms with Crippen LogP contribution in [0.1, 0.15) is 16.1 Å². The van der Waals surface area contributed by atoms with E-state index in [2.05, 4.69) is 15.6 Å². The molecule has 0 saturated carbocycles. The average molecular weight is 353 g/mol. The van der Waals surface area contributed by atoms with Crippen LogP contribution in [0.4, 0.5) is 11.5 Å². The van der Waals surface area contributed by atoms with Crippen LogP contribution in [0.5, 0.6) is 11.5 Å². The number of ether oxygens (including phenoxy) is 2. The van der Waals surface area contributed by atoms with Crippen LogP contribution in [-0.2, 0) is 6.54 Å². The molecule has 2 heterocycles. The van der Waals surface area contributed by atoms with Crippen molar-refractivity contribution in [2.75, 3.05) is 19.5 Å². The van der Waals surface area contributed by atoms with E-state index in [0.29, 0.717) is 35.2 Å². The highest BCUT2D eigenvalue weighted by atomic mass is 16.5.